The second-order valence-corrected chi connectivity index (χ2v) is 4.16. The number of rotatable bonds is 0. The molecule has 0 saturated carbocycles. The molecule has 0 atom stereocenters. The maximum absolute atomic E-state index is 9.29. The Kier molecular flexibility index (Phi) is 2.84. The van der Waals surface area contributed by atoms with Gasteiger partial charge in [-0.1, -0.05) is 11.6 Å². The molecule has 1 aromatic carbocycles. The summed E-state index contributed by atoms with van der Waals surface area (Å²) in [6, 6.07) is 1.57. The molecule has 0 aromatic heterocycles. The number of phenolic OH excluding ortho intramolecular Hbond substituents is 1. The van der Waals surface area contributed by atoms with Gasteiger partial charge in [-0.2, -0.15) is 0 Å². The summed E-state index contributed by atoms with van der Waals surface area (Å²) in [5.41, 5.74) is 0.748. The van der Waals surface area contributed by atoms with E-state index in [0.29, 0.717) is 9.50 Å². The Morgan fingerprint density at radius 3 is 2.55 bits per heavy atom. The molecule has 0 radical (unpaired) electrons. The summed E-state index contributed by atoms with van der Waals surface area (Å²) in [5.74, 6) is 0.230. The van der Waals surface area contributed by atoms with E-state index in [1.807, 2.05) is 0 Å². The predicted octanol–water partition coefficient (Wildman–Crippen LogP) is 3.88. The first-order valence-corrected chi connectivity index (χ1v) is 4.83. The first-order valence-electron chi connectivity index (χ1n) is 2.87. The van der Waals surface area contributed by atoms with Crippen molar-refractivity contribution in [3.8, 4) is 5.75 Å². The van der Waals surface area contributed by atoms with Crippen LogP contribution in [0.15, 0.2) is 15.0 Å². The third-order valence-corrected chi connectivity index (χ3v) is 3.85. The highest BCUT2D eigenvalue weighted by molar-refractivity contribution is 9.11. The second kappa shape index (κ2) is 3.33. The lowest BCUT2D eigenvalue weighted by atomic mass is 10.2. The van der Waals surface area contributed by atoms with Crippen LogP contribution in [-0.4, -0.2) is 5.11 Å². The van der Waals surface area contributed by atoms with Gasteiger partial charge in [0.15, 0.2) is 0 Å². The van der Waals surface area contributed by atoms with Crippen molar-refractivity contribution < 1.29 is 5.11 Å². The number of phenols is 1. The Hall–Kier alpha value is 0.270. The highest BCUT2D eigenvalue weighted by Crippen LogP contribution is 2.37. The molecular weight excluding hydrogens is 295 g/mol. The molecule has 1 N–H and O–H groups in total. The molecule has 1 rings (SSSR count). The number of hydrogen-bond acceptors (Lipinski definition) is 1. The van der Waals surface area contributed by atoms with Gasteiger partial charge in [0, 0.05) is 14.5 Å². The van der Waals surface area contributed by atoms with Crippen molar-refractivity contribution in [1.82, 2.24) is 0 Å². The average molecular weight is 300 g/mol. The van der Waals surface area contributed by atoms with Gasteiger partial charge in [0.25, 0.3) is 0 Å². The van der Waals surface area contributed by atoms with Crippen LogP contribution in [0.5, 0.6) is 5.75 Å². The van der Waals surface area contributed by atoms with Gasteiger partial charge in [-0.05, 0) is 44.8 Å². The molecule has 0 fully saturated rings. The summed E-state index contributed by atoms with van der Waals surface area (Å²) < 4.78 is 1.42. The van der Waals surface area contributed by atoms with Gasteiger partial charge in [0.05, 0.1) is 5.02 Å². The fourth-order valence-electron chi connectivity index (χ4n) is 0.674. The van der Waals surface area contributed by atoms with Crippen LogP contribution in [-0.2, 0) is 0 Å². The predicted molar refractivity (Wildman–Crippen MR) is 53.3 cm³/mol. The molecule has 0 spiro atoms. The topological polar surface area (TPSA) is 20.2 Å². The zero-order valence-corrected chi connectivity index (χ0v) is 9.59. The minimum absolute atomic E-state index is 0.230. The molecule has 0 aliphatic carbocycles. The van der Waals surface area contributed by atoms with Gasteiger partial charge in [0.2, 0.25) is 0 Å². The Labute approximate surface area is 86.6 Å². The van der Waals surface area contributed by atoms with E-state index in [-0.39, 0.29) is 5.75 Å². The summed E-state index contributed by atoms with van der Waals surface area (Å²) in [6.07, 6.45) is 0. The molecule has 1 aromatic rings. The average Bonchev–Trinajstić information content (AvgIpc) is 1.97. The third-order valence-electron chi connectivity index (χ3n) is 1.38. The molecule has 0 amide bonds. The van der Waals surface area contributed by atoms with Crippen LogP contribution in [0.25, 0.3) is 0 Å². The van der Waals surface area contributed by atoms with E-state index in [1.54, 1.807) is 13.0 Å². The van der Waals surface area contributed by atoms with E-state index in [4.69, 9.17) is 11.6 Å². The molecule has 4 heteroatoms. The van der Waals surface area contributed by atoms with E-state index < -0.39 is 0 Å². The van der Waals surface area contributed by atoms with Crippen molar-refractivity contribution in [2.24, 2.45) is 0 Å². The van der Waals surface area contributed by atoms with Gasteiger partial charge in [0.1, 0.15) is 5.75 Å². The summed E-state index contributed by atoms with van der Waals surface area (Å²) >= 11 is 12.3. The molecule has 60 valence electrons. The van der Waals surface area contributed by atoms with Gasteiger partial charge in [-0.25, -0.2) is 0 Å². The first-order chi connectivity index (χ1) is 5.04. The molecule has 0 bridgehead atoms. The monoisotopic (exact) mass is 298 g/mol. The SMILES string of the molecule is Cc1c(O)cc(Br)c(Cl)c1Br. The molecule has 0 aliphatic rings. The van der Waals surface area contributed by atoms with E-state index in [2.05, 4.69) is 31.9 Å². The fraction of sp³-hybridized carbons (Fsp3) is 0.143. The first kappa shape index (κ1) is 9.36. The van der Waals surface area contributed by atoms with Crippen LogP contribution in [0.4, 0.5) is 0 Å². The van der Waals surface area contributed by atoms with E-state index >= 15 is 0 Å². The van der Waals surface area contributed by atoms with Crippen LogP contribution in [0, 0.1) is 6.92 Å². The standard InChI is InChI=1S/C7H5Br2ClO/c1-3-5(11)2-4(8)7(10)6(3)9/h2,11H,1H3. The largest absolute Gasteiger partial charge is 0.508 e. The Morgan fingerprint density at radius 2 is 2.00 bits per heavy atom. The second-order valence-electron chi connectivity index (χ2n) is 2.13. The molecule has 0 unspecified atom stereocenters. The van der Waals surface area contributed by atoms with E-state index in [1.165, 1.54) is 0 Å². The van der Waals surface area contributed by atoms with Crippen LogP contribution in [0.1, 0.15) is 5.56 Å². The molecule has 1 nitrogen and oxygen atoms in total. The normalized spacial score (nSPS) is 10.2. The number of halogens is 3. The molecule has 0 heterocycles. The zero-order valence-electron chi connectivity index (χ0n) is 5.66. The van der Waals surface area contributed by atoms with Gasteiger partial charge in [-0.15, -0.1) is 0 Å². The highest BCUT2D eigenvalue weighted by Gasteiger charge is 2.08. The molecular formula is C7H5Br2ClO. The van der Waals surface area contributed by atoms with Crippen LogP contribution < -0.4 is 0 Å². The number of aromatic hydroxyl groups is 1. The van der Waals surface area contributed by atoms with Crippen LogP contribution in [0.3, 0.4) is 0 Å². The van der Waals surface area contributed by atoms with Gasteiger partial charge >= 0.3 is 0 Å². The summed E-state index contributed by atoms with van der Waals surface area (Å²) in [6.45, 7) is 1.79. The highest BCUT2D eigenvalue weighted by atomic mass is 79.9. The van der Waals surface area contributed by atoms with Crippen LogP contribution >= 0.6 is 43.5 Å². The van der Waals surface area contributed by atoms with Crippen molar-refractivity contribution in [1.29, 1.82) is 0 Å². The number of hydrogen-bond donors (Lipinski definition) is 1. The van der Waals surface area contributed by atoms with Crippen molar-refractivity contribution in [2.75, 3.05) is 0 Å². The lowest BCUT2D eigenvalue weighted by Crippen LogP contribution is -1.80. The quantitative estimate of drug-likeness (QED) is 0.721. The van der Waals surface area contributed by atoms with Gasteiger partial charge < -0.3 is 5.11 Å². The summed E-state index contributed by atoms with van der Waals surface area (Å²) in [4.78, 5) is 0. The Bertz CT molecular complexity index is 273. The smallest absolute Gasteiger partial charge is 0.120 e. The molecule has 11 heavy (non-hydrogen) atoms. The van der Waals surface area contributed by atoms with E-state index in [0.717, 1.165) is 10.0 Å². The van der Waals surface area contributed by atoms with Crippen molar-refractivity contribution in [2.45, 2.75) is 6.92 Å². The van der Waals surface area contributed by atoms with Gasteiger partial charge in [-0.3, -0.25) is 0 Å². The van der Waals surface area contributed by atoms with Crippen molar-refractivity contribution in [3.05, 3.63) is 25.6 Å². The van der Waals surface area contributed by atoms with Crippen LogP contribution in [0.2, 0.25) is 5.02 Å². The Balaban J connectivity index is 3.46. The summed E-state index contributed by atoms with van der Waals surface area (Å²) in [7, 11) is 0. The summed E-state index contributed by atoms with van der Waals surface area (Å²) in [5, 5.41) is 9.87. The maximum atomic E-state index is 9.29. The van der Waals surface area contributed by atoms with E-state index in [9.17, 15) is 5.11 Å². The van der Waals surface area contributed by atoms with Crippen molar-refractivity contribution in [3.63, 3.8) is 0 Å². The molecule has 0 saturated heterocycles. The third kappa shape index (κ3) is 1.71. The Morgan fingerprint density at radius 1 is 1.45 bits per heavy atom. The maximum Gasteiger partial charge on any atom is 0.120 e. The minimum atomic E-state index is 0.230. The zero-order chi connectivity index (χ0) is 8.59. The number of benzene rings is 1. The fourth-order valence-corrected chi connectivity index (χ4v) is 1.97. The lowest BCUT2D eigenvalue weighted by molar-refractivity contribution is 0.470. The minimum Gasteiger partial charge on any atom is -0.508 e. The van der Waals surface area contributed by atoms with Crippen molar-refractivity contribution >= 4 is 43.5 Å². The lowest BCUT2D eigenvalue weighted by Gasteiger charge is -2.05. The molecule has 0 aliphatic heterocycles.